The lowest BCUT2D eigenvalue weighted by Gasteiger charge is -2.26. The predicted octanol–water partition coefficient (Wildman–Crippen LogP) is 3.13. The van der Waals surface area contributed by atoms with Crippen LogP contribution in [0, 0.1) is 0 Å². The fourth-order valence-corrected chi connectivity index (χ4v) is 5.04. The van der Waals surface area contributed by atoms with Gasteiger partial charge < -0.3 is 20.1 Å². The maximum Gasteiger partial charge on any atom is 0.243 e. The van der Waals surface area contributed by atoms with Crippen molar-refractivity contribution in [1.29, 1.82) is 0 Å². The number of nitrogens with one attached hydrogen (secondary N) is 2. The van der Waals surface area contributed by atoms with Crippen molar-refractivity contribution in [2.45, 2.75) is 37.5 Å². The summed E-state index contributed by atoms with van der Waals surface area (Å²) < 4.78 is 39.0. The Morgan fingerprint density at radius 3 is 2.36 bits per heavy atom. The van der Waals surface area contributed by atoms with Crippen molar-refractivity contribution in [2.75, 3.05) is 32.1 Å². The standard InChI is InChI=1S/C23H29N3O6S/c1-17(27)24-13-12-23(28)25-19-16-18(33(29,30)26-14-6-3-7-15-26)10-11-20(19)32-22-9-5-4-8-21(22)31-2/h4-5,8-11,16H,3,6-7,12-15H2,1-2H3,(H,24,27)(H,25,28). The number of para-hydroxylation sites is 2. The number of rotatable bonds is 9. The van der Waals surface area contributed by atoms with Gasteiger partial charge in [-0.2, -0.15) is 4.31 Å². The van der Waals surface area contributed by atoms with E-state index in [9.17, 15) is 18.0 Å². The van der Waals surface area contributed by atoms with Crippen molar-refractivity contribution in [2.24, 2.45) is 0 Å². The third kappa shape index (κ3) is 6.45. The summed E-state index contributed by atoms with van der Waals surface area (Å²) in [5.41, 5.74) is 0.215. The van der Waals surface area contributed by atoms with E-state index in [-0.39, 0.29) is 41.1 Å². The highest BCUT2D eigenvalue weighted by Crippen LogP contribution is 2.37. The third-order valence-corrected chi connectivity index (χ3v) is 7.09. The summed E-state index contributed by atoms with van der Waals surface area (Å²) in [6.07, 6.45) is 2.67. The van der Waals surface area contributed by atoms with Gasteiger partial charge in [-0.25, -0.2) is 8.42 Å². The van der Waals surface area contributed by atoms with Crippen LogP contribution in [0.3, 0.4) is 0 Å². The Morgan fingerprint density at radius 1 is 1.00 bits per heavy atom. The number of nitrogens with zero attached hydrogens (tertiary/aromatic N) is 1. The molecule has 1 saturated heterocycles. The number of hydrogen-bond acceptors (Lipinski definition) is 6. The van der Waals surface area contributed by atoms with Crippen LogP contribution in [0.2, 0.25) is 0 Å². The first kappa shape index (κ1) is 24.5. The van der Waals surface area contributed by atoms with Crippen LogP contribution >= 0.6 is 0 Å². The number of methoxy groups -OCH3 is 1. The van der Waals surface area contributed by atoms with Gasteiger partial charge in [-0.15, -0.1) is 0 Å². The van der Waals surface area contributed by atoms with Gasteiger partial charge in [0.05, 0.1) is 17.7 Å². The number of piperidine rings is 1. The molecule has 0 spiro atoms. The minimum absolute atomic E-state index is 0.0246. The number of amides is 2. The number of carbonyl (C=O) groups excluding carboxylic acids is 2. The Morgan fingerprint density at radius 2 is 1.70 bits per heavy atom. The fraction of sp³-hybridized carbons (Fsp3) is 0.391. The molecule has 1 fully saturated rings. The molecule has 0 saturated carbocycles. The molecule has 33 heavy (non-hydrogen) atoms. The molecule has 1 heterocycles. The first-order valence-electron chi connectivity index (χ1n) is 10.8. The molecule has 0 aliphatic carbocycles. The highest BCUT2D eigenvalue weighted by atomic mass is 32.2. The second-order valence-electron chi connectivity index (χ2n) is 7.66. The second kappa shape index (κ2) is 11.2. The van der Waals surface area contributed by atoms with Crippen LogP contribution in [0.15, 0.2) is 47.4 Å². The number of sulfonamides is 1. The molecule has 9 nitrogen and oxygen atoms in total. The number of anilines is 1. The number of ether oxygens (including phenoxy) is 2. The Bertz CT molecular complexity index is 1100. The zero-order valence-corrected chi connectivity index (χ0v) is 19.6. The molecule has 2 amide bonds. The summed E-state index contributed by atoms with van der Waals surface area (Å²) in [7, 11) is -2.19. The molecule has 1 aliphatic heterocycles. The molecular formula is C23H29N3O6S. The number of hydrogen-bond donors (Lipinski definition) is 2. The van der Waals surface area contributed by atoms with Crippen LogP contribution in [0.25, 0.3) is 0 Å². The Labute approximate surface area is 194 Å². The topological polar surface area (TPSA) is 114 Å². The van der Waals surface area contributed by atoms with Crippen LogP contribution in [-0.2, 0) is 19.6 Å². The van der Waals surface area contributed by atoms with Gasteiger partial charge in [-0.05, 0) is 43.2 Å². The van der Waals surface area contributed by atoms with Crippen molar-refractivity contribution in [3.05, 3.63) is 42.5 Å². The molecule has 0 bridgehead atoms. The average Bonchev–Trinajstić information content (AvgIpc) is 2.80. The monoisotopic (exact) mass is 475 g/mol. The van der Waals surface area contributed by atoms with Gasteiger partial charge in [0.15, 0.2) is 17.2 Å². The predicted molar refractivity (Wildman–Crippen MR) is 124 cm³/mol. The largest absolute Gasteiger partial charge is 0.493 e. The van der Waals surface area contributed by atoms with Crippen molar-refractivity contribution in [1.82, 2.24) is 9.62 Å². The second-order valence-corrected chi connectivity index (χ2v) is 9.59. The number of benzene rings is 2. The summed E-state index contributed by atoms with van der Waals surface area (Å²) in [5, 5.41) is 5.28. The highest BCUT2D eigenvalue weighted by Gasteiger charge is 2.27. The smallest absolute Gasteiger partial charge is 0.243 e. The van der Waals surface area contributed by atoms with E-state index >= 15 is 0 Å². The van der Waals surface area contributed by atoms with E-state index in [0.717, 1.165) is 19.3 Å². The Kier molecular flexibility index (Phi) is 8.29. The first-order valence-corrected chi connectivity index (χ1v) is 12.2. The van der Waals surface area contributed by atoms with E-state index < -0.39 is 10.0 Å². The molecule has 2 N–H and O–H groups in total. The van der Waals surface area contributed by atoms with E-state index in [4.69, 9.17) is 9.47 Å². The van der Waals surface area contributed by atoms with Crippen LogP contribution < -0.4 is 20.1 Å². The molecule has 178 valence electrons. The van der Waals surface area contributed by atoms with Gasteiger partial charge in [0, 0.05) is 33.0 Å². The SMILES string of the molecule is COc1ccccc1Oc1ccc(S(=O)(=O)N2CCCCC2)cc1NC(=O)CCNC(C)=O. The molecule has 0 atom stereocenters. The molecule has 0 radical (unpaired) electrons. The summed E-state index contributed by atoms with van der Waals surface area (Å²) >= 11 is 0. The third-order valence-electron chi connectivity index (χ3n) is 5.19. The maximum absolute atomic E-state index is 13.1. The highest BCUT2D eigenvalue weighted by molar-refractivity contribution is 7.89. The summed E-state index contributed by atoms with van der Waals surface area (Å²) in [6, 6.07) is 11.4. The van der Waals surface area contributed by atoms with Gasteiger partial charge in [-0.1, -0.05) is 18.6 Å². The van der Waals surface area contributed by atoms with Gasteiger partial charge in [0.1, 0.15) is 0 Å². The van der Waals surface area contributed by atoms with Crippen LogP contribution in [0.1, 0.15) is 32.6 Å². The zero-order valence-electron chi connectivity index (χ0n) is 18.8. The van der Waals surface area contributed by atoms with E-state index in [1.54, 1.807) is 24.3 Å². The lowest BCUT2D eigenvalue weighted by atomic mass is 10.2. The Hall–Kier alpha value is -3.11. The minimum Gasteiger partial charge on any atom is -0.493 e. The van der Waals surface area contributed by atoms with Crippen LogP contribution in [-0.4, -0.2) is 51.3 Å². The van der Waals surface area contributed by atoms with E-state index in [1.165, 1.54) is 36.5 Å². The summed E-state index contributed by atoms with van der Waals surface area (Å²) in [4.78, 5) is 23.6. The first-order chi connectivity index (χ1) is 15.8. The van der Waals surface area contributed by atoms with Gasteiger partial charge in [0.25, 0.3) is 0 Å². The lowest BCUT2D eigenvalue weighted by molar-refractivity contribution is -0.119. The van der Waals surface area contributed by atoms with Crippen molar-refractivity contribution in [3.63, 3.8) is 0 Å². The summed E-state index contributed by atoms with van der Waals surface area (Å²) in [5.74, 6) is 0.551. The van der Waals surface area contributed by atoms with Crippen LogP contribution in [0.4, 0.5) is 5.69 Å². The van der Waals surface area contributed by atoms with Gasteiger partial charge in [0.2, 0.25) is 21.8 Å². The van der Waals surface area contributed by atoms with Crippen molar-refractivity contribution >= 4 is 27.5 Å². The molecule has 2 aromatic rings. The molecule has 10 heteroatoms. The Balaban J connectivity index is 1.91. The molecule has 0 aromatic heterocycles. The molecule has 2 aromatic carbocycles. The van der Waals surface area contributed by atoms with Crippen LogP contribution in [0.5, 0.6) is 17.2 Å². The molecule has 1 aliphatic rings. The van der Waals surface area contributed by atoms with Crippen molar-refractivity contribution in [3.8, 4) is 17.2 Å². The van der Waals surface area contributed by atoms with E-state index in [2.05, 4.69) is 10.6 Å². The quantitative estimate of drug-likeness (QED) is 0.576. The fourth-order valence-electron chi connectivity index (χ4n) is 3.50. The molecule has 0 unspecified atom stereocenters. The summed E-state index contributed by atoms with van der Waals surface area (Å²) in [6.45, 7) is 2.47. The number of carbonyl (C=O) groups is 2. The average molecular weight is 476 g/mol. The zero-order chi connectivity index (χ0) is 23.8. The van der Waals surface area contributed by atoms with E-state index in [0.29, 0.717) is 24.6 Å². The van der Waals surface area contributed by atoms with E-state index in [1.807, 2.05) is 0 Å². The molecular weight excluding hydrogens is 446 g/mol. The van der Waals surface area contributed by atoms with Gasteiger partial charge in [-0.3, -0.25) is 9.59 Å². The molecule has 3 rings (SSSR count). The lowest BCUT2D eigenvalue weighted by Crippen LogP contribution is -2.35. The maximum atomic E-state index is 13.1. The minimum atomic E-state index is -3.71. The van der Waals surface area contributed by atoms with Gasteiger partial charge >= 0.3 is 0 Å². The normalized spacial score (nSPS) is 14.4. The van der Waals surface area contributed by atoms with Crippen molar-refractivity contribution < 1.29 is 27.5 Å².